The van der Waals surface area contributed by atoms with Gasteiger partial charge in [0.1, 0.15) is 0 Å². The van der Waals surface area contributed by atoms with Crippen molar-refractivity contribution in [1.82, 2.24) is 0 Å². The Bertz CT molecular complexity index is 1080. The molecule has 9 nitrogen and oxygen atoms in total. The van der Waals surface area contributed by atoms with Crippen molar-refractivity contribution >= 4 is 48.9 Å². The topological polar surface area (TPSA) is 163 Å². The molecule has 0 aliphatic heterocycles. The molecule has 0 saturated heterocycles. The summed E-state index contributed by atoms with van der Waals surface area (Å²) in [6.45, 7) is 0. The van der Waals surface area contributed by atoms with Crippen molar-refractivity contribution < 1.29 is 38.9 Å². The van der Waals surface area contributed by atoms with Crippen molar-refractivity contribution in [3.05, 3.63) is 48.5 Å². The third kappa shape index (κ3) is 6.32. The van der Waals surface area contributed by atoms with Crippen LogP contribution in [0.3, 0.4) is 0 Å². The van der Waals surface area contributed by atoms with Gasteiger partial charge in [-0.15, -0.1) is 0 Å². The molecule has 0 saturated carbocycles. The number of benzene rings is 2. The van der Waals surface area contributed by atoms with Gasteiger partial charge in [-0.25, -0.2) is 0 Å². The molecule has 2 aromatic rings. The SMILES string of the molecule is O=S(=O)(O)CCP(c1cccc(S(=O)(=O)O)c1)c1cccc(S(=O)(=O)O)c1. The van der Waals surface area contributed by atoms with Crippen LogP contribution in [0.4, 0.5) is 0 Å². The summed E-state index contributed by atoms with van der Waals surface area (Å²) < 4.78 is 95.2. The van der Waals surface area contributed by atoms with Crippen LogP contribution in [0.2, 0.25) is 0 Å². The lowest BCUT2D eigenvalue weighted by Gasteiger charge is -2.19. The van der Waals surface area contributed by atoms with E-state index in [0.29, 0.717) is 10.6 Å². The molecule has 148 valence electrons. The Kier molecular flexibility index (Phi) is 6.42. The van der Waals surface area contributed by atoms with Crippen molar-refractivity contribution in [2.45, 2.75) is 9.79 Å². The first-order chi connectivity index (χ1) is 12.3. The Balaban J connectivity index is 2.59. The average molecular weight is 454 g/mol. The molecule has 0 radical (unpaired) electrons. The van der Waals surface area contributed by atoms with E-state index in [2.05, 4.69) is 0 Å². The summed E-state index contributed by atoms with van der Waals surface area (Å²) in [5.41, 5.74) is 0. The van der Waals surface area contributed by atoms with Crippen LogP contribution in [0, 0.1) is 0 Å². The fraction of sp³-hybridized carbons (Fsp3) is 0.143. The molecule has 0 aliphatic carbocycles. The first-order valence-electron chi connectivity index (χ1n) is 7.15. The quantitative estimate of drug-likeness (QED) is 0.399. The van der Waals surface area contributed by atoms with E-state index in [1.807, 2.05) is 0 Å². The van der Waals surface area contributed by atoms with Crippen LogP contribution < -0.4 is 10.6 Å². The predicted octanol–water partition coefficient (Wildman–Crippen LogP) is 0.501. The van der Waals surface area contributed by atoms with Crippen molar-refractivity contribution in [3.63, 3.8) is 0 Å². The normalized spacial score (nSPS) is 13.0. The standard InChI is InChI=1S/C14H15O9PS3/c15-25(16,17)8-7-24(11-3-1-5-13(9-11)26(18,19)20)12-4-2-6-14(10-12)27(21,22)23/h1-6,9-10H,7-8H2,(H,15,16,17)(H,18,19,20)(H,21,22,23). The summed E-state index contributed by atoms with van der Waals surface area (Å²) >= 11 is 0. The van der Waals surface area contributed by atoms with Gasteiger partial charge in [-0.3, -0.25) is 13.7 Å². The maximum absolute atomic E-state index is 11.4. The average Bonchev–Trinajstić information content (AvgIpc) is 2.53. The predicted molar refractivity (Wildman–Crippen MR) is 100.0 cm³/mol. The van der Waals surface area contributed by atoms with Gasteiger partial charge >= 0.3 is 0 Å². The minimum Gasteiger partial charge on any atom is -0.286 e. The molecule has 27 heavy (non-hydrogen) atoms. The minimum absolute atomic E-state index is 0.141. The molecular weight excluding hydrogens is 439 g/mol. The summed E-state index contributed by atoms with van der Waals surface area (Å²) in [4.78, 5) is -0.824. The highest BCUT2D eigenvalue weighted by Crippen LogP contribution is 2.35. The van der Waals surface area contributed by atoms with Crippen LogP contribution in [0.15, 0.2) is 58.3 Å². The molecule has 0 amide bonds. The minimum atomic E-state index is -4.51. The first kappa shape index (κ1) is 21.9. The van der Waals surface area contributed by atoms with E-state index >= 15 is 0 Å². The number of hydrogen-bond acceptors (Lipinski definition) is 6. The molecule has 13 heteroatoms. The smallest absolute Gasteiger partial charge is 0.286 e. The second kappa shape index (κ2) is 7.92. The molecule has 3 N–H and O–H groups in total. The number of rotatable bonds is 7. The van der Waals surface area contributed by atoms with Gasteiger partial charge in [-0.05, 0) is 49.0 Å². The van der Waals surface area contributed by atoms with Crippen LogP contribution >= 0.6 is 7.92 Å². The van der Waals surface area contributed by atoms with Gasteiger partial charge in [0.25, 0.3) is 30.4 Å². The highest BCUT2D eigenvalue weighted by Gasteiger charge is 2.21. The van der Waals surface area contributed by atoms with E-state index in [1.54, 1.807) is 0 Å². The van der Waals surface area contributed by atoms with Crippen molar-refractivity contribution in [2.75, 3.05) is 11.9 Å². The fourth-order valence-electron chi connectivity index (χ4n) is 2.24. The summed E-state index contributed by atoms with van der Waals surface area (Å²) in [5, 5.41) is 0.660. The van der Waals surface area contributed by atoms with Crippen LogP contribution in [-0.2, 0) is 30.4 Å². The lowest BCUT2D eigenvalue weighted by molar-refractivity contribution is 0.481. The molecule has 0 heterocycles. The van der Waals surface area contributed by atoms with Gasteiger partial charge in [0, 0.05) is 0 Å². The van der Waals surface area contributed by atoms with Crippen LogP contribution in [-0.4, -0.2) is 50.8 Å². The highest BCUT2D eigenvalue weighted by molar-refractivity contribution is 7.87. The van der Waals surface area contributed by atoms with Crippen molar-refractivity contribution in [3.8, 4) is 0 Å². The van der Waals surface area contributed by atoms with Crippen molar-refractivity contribution in [2.24, 2.45) is 0 Å². The van der Waals surface area contributed by atoms with E-state index < -0.39 is 53.8 Å². The Morgan fingerprint density at radius 1 is 0.704 bits per heavy atom. The van der Waals surface area contributed by atoms with Gasteiger partial charge in [0.05, 0.1) is 15.5 Å². The third-order valence-electron chi connectivity index (χ3n) is 3.43. The molecule has 0 aromatic heterocycles. The Morgan fingerprint density at radius 3 is 1.44 bits per heavy atom. The Labute approximate surface area is 158 Å². The zero-order valence-electron chi connectivity index (χ0n) is 13.5. The maximum Gasteiger partial charge on any atom is 0.294 e. The second-order valence-electron chi connectivity index (χ2n) is 5.38. The monoisotopic (exact) mass is 454 g/mol. The molecule has 0 fully saturated rings. The second-order valence-corrected chi connectivity index (χ2v) is 12.1. The van der Waals surface area contributed by atoms with Crippen LogP contribution in [0.25, 0.3) is 0 Å². The summed E-state index contributed by atoms with van der Waals surface area (Å²) in [6, 6.07) is 10.2. The Morgan fingerprint density at radius 2 is 1.11 bits per heavy atom. The molecule has 0 atom stereocenters. The highest BCUT2D eigenvalue weighted by atomic mass is 32.2. The van der Waals surface area contributed by atoms with Gasteiger partial charge in [-0.1, -0.05) is 24.3 Å². The third-order valence-corrected chi connectivity index (χ3v) is 8.62. The Hall–Kier alpha value is -1.40. The fourth-order valence-corrected chi connectivity index (χ4v) is 7.05. The van der Waals surface area contributed by atoms with Crippen LogP contribution in [0.5, 0.6) is 0 Å². The van der Waals surface area contributed by atoms with Crippen molar-refractivity contribution in [1.29, 1.82) is 0 Å². The molecule has 0 spiro atoms. The lowest BCUT2D eigenvalue weighted by atomic mass is 10.4. The largest absolute Gasteiger partial charge is 0.294 e. The van der Waals surface area contributed by atoms with Crippen LogP contribution in [0.1, 0.15) is 0 Å². The molecule has 0 unspecified atom stereocenters. The first-order valence-corrected chi connectivity index (χ1v) is 13.2. The van der Waals surface area contributed by atoms with E-state index in [0.717, 1.165) is 24.3 Å². The molecule has 2 rings (SSSR count). The lowest BCUT2D eigenvalue weighted by Crippen LogP contribution is -2.20. The summed E-state index contributed by atoms with van der Waals surface area (Å²) in [6.07, 6.45) is -0.141. The van der Waals surface area contributed by atoms with Gasteiger partial charge in [-0.2, -0.15) is 25.3 Å². The zero-order chi connectivity index (χ0) is 20.5. The molecular formula is C14H15O9PS3. The van der Waals surface area contributed by atoms with E-state index in [-0.39, 0.29) is 6.16 Å². The zero-order valence-corrected chi connectivity index (χ0v) is 16.8. The molecule has 2 aromatic carbocycles. The van der Waals surface area contributed by atoms with Gasteiger partial charge < -0.3 is 0 Å². The molecule has 0 bridgehead atoms. The number of hydrogen-bond donors (Lipinski definition) is 3. The van der Waals surface area contributed by atoms with Gasteiger partial charge in [0.15, 0.2) is 0 Å². The maximum atomic E-state index is 11.4. The van der Waals surface area contributed by atoms with E-state index in [4.69, 9.17) is 4.55 Å². The summed E-state index contributed by atoms with van der Waals surface area (Å²) in [5.74, 6) is -0.648. The molecule has 0 aliphatic rings. The van der Waals surface area contributed by atoms with Gasteiger partial charge in [0.2, 0.25) is 0 Å². The van der Waals surface area contributed by atoms with E-state index in [1.165, 1.54) is 24.3 Å². The van der Waals surface area contributed by atoms with E-state index in [9.17, 15) is 34.4 Å². The summed E-state index contributed by atoms with van der Waals surface area (Å²) in [7, 11) is -15.0.